The molecule has 0 aliphatic carbocycles. The Labute approximate surface area is 117 Å². The Hall–Kier alpha value is -1.68. The van der Waals surface area contributed by atoms with Gasteiger partial charge in [0.15, 0.2) is 12.0 Å². The molecule has 5 heteroatoms. The van der Waals surface area contributed by atoms with Crippen molar-refractivity contribution in [3.05, 3.63) is 35.0 Å². The second-order valence-electron chi connectivity index (χ2n) is 4.38. The van der Waals surface area contributed by atoms with Gasteiger partial charge in [-0.3, -0.25) is 4.79 Å². The zero-order valence-corrected chi connectivity index (χ0v) is 11.6. The first-order chi connectivity index (χ1) is 9.26. The van der Waals surface area contributed by atoms with Crippen molar-refractivity contribution in [1.82, 2.24) is 15.0 Å². The topological polar surface area (TPSA) is 47.8 Å². The third-order valence-corrected chi connectivity index (χ3v) is 3.18. The molecular weight excluding hydrogens is 262 g/mol. The van der Waals surface area contributed by atoms with Crippen LogP contribution in [0.15, 0.2) is 24.3 Å². The molecule has 1 heterocycles. The monoisotopic (exact) mass is 277 g/mol. The number of carbonyl (C=O) groups is 1. The van der Waals surface area contributed by atoms with E-state index in [0.29, 0.717) is 10.7 Å². The summed E-state index contributed by atoms with van der Waals surface area (Å²) in [6.45, 7) is 2.91. The van der Waals surface area contributed by atoms with Crippen LogP contribution in [-0.2, 0) is 6.54 Å². The molecular formula is C14H16ClN3O. The number of aromatic nitrogens is 3. The first-order valence-electron chi connectivity index (χ1n) is 6.41. The third-order valence-electron chi connectivity index (χ3n) is 2.94. The molecule has 0 atom stereocenters. The van der Waals surface area contributed by atoms with Crippen LogP contribution in [0.5, 0.6) is 0 Å². The van der Waals surface area contributed by atoms with Crippen LogP contribution >= 0.6 is 11.6 Å². The SMILES string of the molecule is CCCCCn1nnc(C=O)c1-c1cccc(Cl)c1. The molecule has 0 saturated carbocycles. The van der Waals surface area contributed by atoms with Gasteiger partial charge in [0.25, 0.3) is 0 Å². The normalized spacial score (nSPS) is 10.6. The van der Waals surface area contributed by atoms with E-state index in [1.807, 2.05) is 18.2 Å². The number of benzene rings is 1. The quantitative estimate of drug-likeness (QED) is 0.599. The van der Waals surface area contributed by atoms with Crippen molar-refractivity contribution in [3.8, 4) is 11.3 Å². The van der Waals surface area contributed by atoms with Crippen LogP contribution in [0, 0.1) is 0 Å². The molecule has 1 aromatic heterocycles. The molecule has 0 radical (unpaired) electrons. The molecule has 0 saturated heterocycles. The Bertz CT molecular complexity index is 566. The lowest BCUT2D eigenvalue weighted by atomic mass is 10.1. The van der Waals surface area contributed by atoms with Crippen LogP contribution in [0.2, 0.25) is 5.02 Å². The van der Waals surface area contributed by atoms with Crippen molar-refractivity contribution < 1.29 is 4.79 Å². The van der Waals surface area contributed by atoms with Gasteiger partial charge in [0.05, 0.1) is 5.69 Å². The Morgan fingerprint density at radius 2 is 2.21 bits per heavy atom. The van der Waals surface area contributed by atoms with E-state index in [9.17, 15) is 4.79 Å². The van der Waals surface area contributed by atoms with Gasteiger partial charge in [0, 0.05) is 17.1 Å². The fraction of sp³-hybridized carbons (Fsp3) is 0.357. The van der Waals surface area contributed by atoms with E-state index in [1.165, 1.54) is 0 Å². The van der Waals surface area contributed by atoms with E-state index >= 15 is 0 Å². The predicted molar refractivity (Wildman–Crippen MR) is 75.4 cm³/mol. The van der Waals surface area contributed by atoms with Gasteiger partial charge in [-0.2, -0.15) is 0 Å². The molecule has 0 spiro atoms. The highest BCUT2D eigenvalue weighted by Gasteiger charge is 2.14. The van der Waals surface area contributed by atoms with Gasteiger partial charge in [-0.1, -0.05) is 48.7 Å². The lowest BCUT2D eigenvalue weighted by Gasteiger charge is -2.07. The number of hydrogen-bond acceptors (Lipinski definition) is 3. The number of aryl methyl sites for hydroxylation is 1. The number of halogens is 1. The number of carbonyl (C=O) groups excluding carboxylic acids is 1. The Balaban J connectivity index is 2.36. The van der Waals surface area contributed by atoms with Crippen molar-refractivity contribution in [3.63, 3.8) is 0 Å². The highest BCUT2D eigenvalue weighted by Crippen LogP contribution is 2.24. The summed E-state index contributed by atoms with van der Waals surface area (Å²) in [5.41, 5.74) is 1.98. The minimum atomic E-state index is 0.360. The van der Waals surface area contributed by atoms with Gasteiger partial charge in [0.2, 0.25) is 0 Å². The average molecular weight is 278 g/mol. The average Bonchev–Trinajstić information content (AvgIpc) is 2.82. The van der Waals surface area contributed by atoms with E-state index in [4.69, 9.17) is 11.6 Å². The summed E-state index contributed by atoms with van der Waals surface area (Å²) in [6.07, 6.45) is 4.03. The van der Waals surface area contributed by atoms with E-state index < -0.39 is 0 Å². The number of nitrogens with zero attached hydrogens (tertiary/aromatic N) is 3. The van der Waals surface area contributed by atoms with Crippen molar-refractivity contribution in [2.24, 2.45) is 0 Å². The zero-order chi connectivity index (χ0) is 13.7. The molecule has 0 aliphatic rings. The van der Waals surface area contributed by atoms with Crippen molar-refractivity contribution in [2.45, 2.75) is 32.7 Å². The maximum absolute atomic E-state index is 11.1. The fourth-order valence-corrected chi connectivity index (χ4v) is 2.20. The fourth-order valence-electron chi connectivity index (χ4n) is 2.01. The Morgan fingerprint density at radius 1 is 1.37 bits per heavy atom. The first-order valence-corrected chi connectivity index (χ1v) is 6.78. The molecule has 0 unspecified atom stereocenters. The van der Waals surface area contributed by atoms with Gasteiger partial charge in [0.1, 0.15) is 0 Å². The summed E-state index contributed by atoms with van der Waals surface area (Å²) in [6, 6.07) is 7.39. The molecule has 19 heavy (non-hydrogen) atoms. The predicted octanol–water partition coefficient (Wildman–Crippen LogP) is 3.60. The van der Waals surface area contributed by atoms with Crippen LogP contribution < -0.4 is 0 Å². The third kappa shape index (κ3) is 3.20. The molecule has 2 rings (SSSR count). The minimum absolute atomic E-state index is 0.360. The van der Waals surface area contributed by atoms with Gasteiger partial charge in [-0.15, -0.1) is 5.10 Å². The molecule has 1 aromatic carbocycles. The molecule has 2 aromatic rings. The van der Waals surface area contributed by atoms with Gasteiger partial charge in [-0.05, 0) is 18.6 Å². The molecule has 0 aliphatic heterocycles. The largest absolute Gasteiger partial charge is 0.296 e. The van der Waals surface area contributed by atoms with E-state index in [0.717, 1.165) is 43.4 Å². The molecule has 0 bridgehead atoms. The maximum Gasteiger partial charge on any atom is 0.172 e. The van der Waals surface area contributed by atoms with Gasteiger partial charge in [-0.25, -0.2) is 4.68 Å². The number of hydrogen-bond donors (Lipinski definition) is 0. The molecule has 4 nitrogen and oxygen atoms in total. The summed E-state index contributed by atoms with van der Waals surface area (Å²) in [4.78, 5) is 11.1. The second-order valence-corrected chi connectivity index (χ2v) is 4.82. The van der Waals surface area contributed by atoms with Crippen LogP contribution in [0.3, 0.4) is 0 Å². The van der Waals surface area contributed by atoms with Crippen LogP contribution in [0.4, 0.5) is 0 Å². The lowest BCUT2D eigenvalue weighted by molar-refractivity contribution is 0.111. The summed E-state index contributed by atoms with van der Waals surface area (Å²) in [5.74, 6) is 0. The summed E-state index contributed by atoms with van der Waals surface area (Å²) < 4.78 is 1.78. The summed E-state index contributed by atoms with van der Waals surface area (Å²) in [5, 5.41) is 8.61. The smallest absolute Gasteiger partial charge is 0.172 e. The minimum Gasteiger partial charge on any atom is -0.296 e. The maximum atomic E-state index is 11.1. The number of rotatable bonds is 6. The Kier molecular flexibility index (Phi) is 4.68. The van der Waals surface area contributed by atoms with Crippen molar-refractivity contribution in [1.29, 1.82) is 0 Å². The highest BCUT2D eigenvalue weighted by molar-refractivity contribution is 6.30. The zero-order valence-electron chi connectivity index (χ0n) is 10.8. The van der Waals surface area contributed by atoms with E-state index in [1.54, 1.807) is 10.7 Å². The van der Waals surface area contributed by atoms with Gasteiger partial charge < -0.3 is 0 Å². The van der Waals surface area contributed by atoms with E-state index in [2.05, 4.69) is 17.2 Å². The highest BCUT2D eigenvalue weighted by atomic mass is 35.5. The number of unbranched alkanes of at least 4 members (excludes halogenated alkanes) is 2. The van der Waals surface area contributed by atoms with E-state index in [-0.39, 0.29) is 0 Å². The van der Waals surface area contributed by atoms with Crippen LogP contribution in [0.1, 0.15) is 36.7 Å². The van der Waals surface area contributed by atoms with Crippen molar-refractivity contribution >= 4 is 17.9 Å². The lowest BCUT2D eigenvalue weighted by Crippen LogP contribution is -2.03. The summed E-state index contributed by atoms with van der Waals surface area (Å²) >= 11 is 6.00. The van der Waals surface area contributed by atoms with Gasteiger partial charge >= 0.3 is 0 Å². The molecule has 100 valence electrons. The molecule has 0 amide bonds. The standard InChI is InChI=1S/C14H16ClN3O/c1-2-3-4-8-18-14(13(10-19)16-17-18)11-6-5-7-12(15)9-11/h5-7,9-10H,2-4,8H2,1H3. The van der Waals surface area contributed by atoms with Crippen LogP contribution in [0.25, 0.3) is 11.3 Å². The second kappa shape index (κ2) is 6.48. The van der Waals surface area contributed by atoms with Crippen molar-refractivity contribution in [2.75, 3.05) is 0 Å². The first kappa shape index (κ1) is 13.7. The number of aldehydes is 1. The summed E-state index contributed by atoms with van der Waals surface area (Å²) in [7, 11) is 0. The Morgan fingerprint density at radius 3 is 2.89 bits per heavy atom. The van der Waals surface area contributed by atoms with Crippen LogP contribution in [-0.4, -0.2) is 21.3 Å². The molecule has 0 fully saturated rings. The molecule has 0 N–H and O–H groups in total.